The molecule has 0 saturated carbocycles. The van der Waals surface area contributed by atoms with Crippen LogP contribution >= 0.6 is 0 Å². The van der Waals surface area contributed by atoms with Gasteiger partial charge < -0.3 is 11.5 Å². The summed E-state index contributed by atoms with van der Waals surface area (Å²) in [6.07, 6.45) is 1.37. The minimum absolute atomic E-state index is 0.154. The van der Waals surface area contributed by atoms with Crippen LogP contribution in [0, 0.1) is 5.92 Å². The molecule has 12 heavy (non-hydrogen) atoms. The Bertz CT molecular complexity index is 228. The van der Waals surface area contributed by atoms with E-state index < -0.39 is 5.91 Å². The molecule has 0 aromatic rings. The zero-order chi connectivity index (χ0) is 9.72. The summed E-state index contributed by atoms with van der Waals surface area (Å²) in [6, 6.07) is 0. The highest BCUT2D eigenvalue weighted by Gasteiger charge is 2.14. The normalized spacial score (nSPS) is 13.7. The maximum Gasteiger partial charge on any atom is 0.267 e. The Morgan fingerprint density at radius 3 is 2.08 bits per heavy atom. The van der Waals surface area contributed by atoms with Crippen molar-refractivity contribution in [1.29, 1.82) is 0 Å². The van der Waals surface area contributed by atoms with E-state index in [1.807, 2.05) is 13.8 Å². The van der Waals surface area contributed by atoms with Gasteiger partial charge in [0, 0.05) is 12.6 Å². The molecule has 0 atom stereocenters. The van der Waals surface area contributed by atoms with Crippen molar-refractivity contribution in [2.24, 2.45) is 22.4 Å². The summed E-state index contributed by atoms with van der Waals surface area (Å²) < 4.78 is 0. The fraction of sp³-hybridized carbons (Fsp3) is 0.500. The first-order chi connectivity index (χ1) is 5.54. The number of aliphatic imine (C=N–C) groups is 1. The second-order valence-electron chi connectivity index (χ2n) is 2.71. The molecular weight excluding hydrogens is 154 g/mol. The molecule has 4 heteroatoms. The third-order valence-corrected chi connectivity index (χ3v) is 1.53. The van der Waals surface area contributed by atoms with Crippen LogP contribution in [0.5, 0.6) is 0 Å². The Hall–Kier alpha value is -1.32. The van der Waals surface area contributed by atoms with Crippen LogP contribution in [0.3, 0.4) is 0 Å². The van der Waals surface area contributed by atoms with Crippen molar-refractivity contribution in [1.82, 2.24) is 0 Å². The minimum Gasteiger partial charge on any atom is -0.404 e. The monoisotopic (exact) mass is 169 g/mol. The Morgan fingerprint density at radius 2 is 2.00 bits per heavy atom. The highest BCUT2D eigenvalue weighted by Crippen LogP contribution is 2.09. The van der Waals surface area contributed by atoms with E-state index in [0.717, 1.165) is 0 Å². The number of primary amides is 1. The molecule has 0 aromatic carbocycles. The van der Waals surface area contributed by atoms with Crippen LogP contribution in [0.25, 0.3) is 0 Å². The summed E-state index contributed by atoms with van der Waals surface area (Å²) >= 11 is 0. The van der Waals surface area contributed by atoms with Gasteiger partial charge in [0.1, 0.15) is 5.71 Å². The van der Waals surface area contributed by atoms with Crippen molar-refractivity contribution >= 4 is 11.6 Å². The van der Waals surface area contributed by atoms with E-state index >= 15 is 0 Å². The number of hydrogen-bond donors (Lipinski definition) is 2. The van der Waals surface area contributed by atoms with Crippen LogP contribution in [-0.2, 0) is 4.79 Å². The van der Waals surface area contributed by atoms with Crippen molar-refractivity contribution < 1.29 is 4.79 Å². The lowest BCUT2D eigenvalue weighted by molar-refractivity contribution is -0.112. The summed E-state index contributed by atoms with van der Waals surface area (Å²) in [5.74, 6) is -0.385. The van der Waals surface area contributed by atoms with Crippen LogP contribution < -0.4 is 11.5 Å². The summed E-state index contributed by atoms with van der Waals surface area (Å²) in [5.41, 5.74) is 11.4. The summed E-state index contributed by atoms with van der Waals surface area (Å²) in [4.78, 5) is 14.6. The number of nitrogens with zero attached hydrogens (tertiary/aromatic N) is 1. The summed E-state index contributed by atoms with van der Waals surface area (Å²) in [6.45, 7) is 3.85. The fourth-order valence-electron chi connectivity index (χ4n) is 0.926. The van der Waals surface area contributed by atoms with Crippen molar-refractivity contribution in [3.05, 3.63) is 11.8 Å². The molecule has 0 fully saturated rings. The molecule has 0 aliphatic carbocycles. The predicted octanol–water partition coefficient (Wildman–Crippen LogP) is 0.0411. The van der Waals surface area contributed by atoms with Gasteiger partial charge in [-0.1, -0.05) is 13.8 Å². The number of carbonyl (C=O) groups excluding carboxylic acids is 1. The Morgan fingerprint density at radius 1 is 1.50 bits per heavy atom. The molecule has 4 N–H and O–H groups in total. The van der Waals surface area contributed by atoms with Gasteiger partial charge in [0.2, 0.25) is 0 Å². The Balaban J connectivity index is 4.85. The SMILES string of the molecule is CN=C(C(N)=O)/C(=C\N)C(C)C. The Kier molecular flexibility index (Phi) is 4.04. The first-order valence-corrected chi connectivity index (χ1v) is 3.73. The maximum absolute atomic E-state index is 10.8. The quantitative estimate of drug-likeness (QED) is 0.585. The second-order valence-corrected chi connectivity index (χ2v) is 2.71. The number of nitrogens with two attached hydrogens (primary N) is 2. The lowest BCUT2D eigenvalue weighted by Gasteiger charge is -2.09. The van der Waals surface area contributed by atoms with E-state index in [9.17, 15) is 4.79 Å². The van der Waals surface area contributed by atoms with Gasteiger partial charge in [0.25, 0.3) is 5.91 Å². The first-order valence-electron chi connectivity index (χ1n) is 3.73. The van der Waals surface area contributed by atoms with E-state index in [-0.39, 0.29) is 11.6 Å². The van der Waals surface area contributed by atoms with Gasteiger partial charge in [-0.2, -0.15) is 0 Å². The van der Waals surface area contributed by atoms with E-state index in [1.165, 1.54) is 13.2 Å². The van der Waals surface area contributed by atoms with Gasteiger partial charge in [0.05, 0.1) is 0 Å². The molecule has 0 bridgehead atoms. The highest BCUT2D eigenvalue weighted by atomic mass is 16.1. The van der Waals surface area contributed by atoms with Crippen molar-refractivity contribution in [3.8, 4) is 0 Å². The van der Waals surface area contributed by atoms with E-state index in [1.54, 1.807) is 0 Å². The van der Waals surface area contributed by atoms with Crippen molar-refractivity contribution in [2.45, 2.75) is 13.8 Å². The van der Waals surface area contributed by atoms with Crippen LogP contribution in [-0.4, -0.2) is 18.7 Å². The largest absolute Gasteiger partial charge is 0.404 e. The highest BCUT2D eigenvalue weighted by molar-refractivity contribution is 6.44. The van der Waals surface area contributed by atoms with Gasteiger partial charge in [-0.05, 0) is 12.1 Å². The predicted molar refractivity (Wildman–Crippen MR) is 49.7 cm³/mol. The van der Waals surface area contributed by atoms with E-state index in [0.29, 0.717) is 5.57 Å². The number of amides is 1. The number of rotatable bonds is 3. The third-order valence-electron chi connectivity index (χ3n) is 1.53. The second kappa shape index (κ2) is 4.54. The fourth-order valence-corrected chi connectivity index (χ4v) is 0.926. The third kappa shape index (κ3) is 2.38. The van der Waals surface area contributed by atoms with Crippen LogP contribution in [0.15, 0.2) is 16.8 Å². The molecule has 68 valence electrons. The molecule has 0 radical (unpaired) electrons. The van der Waals surface area contributed by atoms with Gasteiger partial charge >= 0.3 is 0 Å². The van der Waals surface area contributed by atoms with E-state index in [2.05, 4.69) is 4.99 Å². The van der Waals surface area contributed by atoms with Crippen LogP contribution in [0.2, 0.25) is 0 Å². The molecule has 4 nitrogen and oxygen atoms in total. The smallest absolute Gasteiger partial charge is 0.267 e. The molecule has 0 saturated heterocycles. The maximum atomic E-state index is 10.8. The lowest BCUT2D eigenvalue weighted by Crippen LogP contribution is -2.27. The first kappa shape index (κ1) is 10.7. The van der Waals surface area contributed by atoms with Crippen molar-refractivity contribution in [3.63, 3.8) is 0 Å². The Labute approximate surface area is 72.3 Å². The number of carbonyl (C=O) groups is 1. The molecule has 0 aliphatic heterocycles. The van der Waals surface area contributed by atoms with Gasteiger partial charge in [0.15, 0.2) is 0 Å². The van der Waals surface area contributed by atoms with Crippen LogP contribution in [0.4, 0.5) is 0 Å². The zero-order valence-electron chi connectivity index (χ0n) is 7.66. The molecule has 0 aliphatic rings. The molecule has 0 spiro atoms. The topological polar surface area (TPSA) is 81.5 Å². The lowest BCUT2D eigenvalue weighted by atomic mass is 9.99. The molecule has 0 heterocycles. The number of hydrogen-bond acceptors (Lipinski definition) is 3. The summed E-state index contributed by atoms with van der Waals surface area (Å²) in [7, 11) is 1.52. The summed E-state index contributed by atoms with van der Waals surface area (Å²) in [5, 5.41) is 0. The average molecular weight is 169 g/mol. The molecule has 0 aromatic heterocycles. The van der Waals surface area contributed by atoms with Crippen molar-refractivity contribution in [2.75, 3.05) is 7.05 Å². The molecule has 0 unspecified atom stereocenters. The van der Waals surface area contributed by atoms with Gasteiger partial charge in [-0.25, -0.2) is 0 Å². The average Bonchev–Trinajstić information content (AvgIpc) is 1.98. The molecule has 0 rings (SSSR count). The van der Waals surface area contributed by atoms with Crippen LogP contribution in [0.1, 0.15) is 13.8 Å². The van der Waals surface area contributed by atoms with Gasteiger partial charge in [-0.15, -0.1) is 0 Å². The standard InChI is InChI=1S/C8H15N3O/c1-5(2)6(4-9)7(11-3)8(10)12/h4-5H,9H2,1-3H3,(H2,10,12)/b6-4-,11-7?. The zero-order valence-corrected chi connectivity index (χ0v) is 7.66. The molecular formula is C8H15N3O. The molecule has 1 amide bonds. The van der Waals surface area contributed by atoms with E-state index in [4.69, 9.17) is 11.5 Å². The van der Waals surface area contributed by atoms with Gasteiger partial charge in [-0.3, -0.25) is 9.79 Å². The minimum atomic E-state index is -0.539.